The molecule has 1 aromatic rings. The van der Waals surface area contributed by atoms with Crippen LogP contribution in [-0.4, -0.2) is 55.5 Å². The Morgan fingerprint density at radius 3 is 2.55 bits per heavy atom. The Bertz CT molecular complexity index is 475. The molecule has 1 fully saturated rings. The predicted octanol–water partition coefficient (Wildman–Crippen LogP) is 1.45. The van der Waals surface area contributed by atoms with E-state index in [1.807, 2.05) is 12.1 Å². The van der Waals surface area contributed by atoms with Gasteiger partial charge in [0.15, 0.2) is 0 Å². The quantitative estimate of drug-likeness (QED) is 0.898. The third-order valence-electron chi connectivity index (χ3n) is 3.52. The molecule has 0 atom stereocenters. The van der Waals surface area contributed by atoms with Gasteiger partial charge in [0.05, 0.1) is 6.54 Å². The summed E-state index contributed by atoms with van der Waals surface area (Å²) in [5.41, 5.74) is 0.716. The monoisotopic (exact) mass is 343 g/mol. The number of carbonyl (C=O) groups excluding carboxylic acids is 1. The van der Waals surface area contributed by atoms with Gasteiger partial charge in [-0.2, -0.15) is 0 Å². The number of nitrogens with one attached hydrogen (secondary N) is 1. The van der Waals surface area contributed by atoms with Gasteiger partial charge in [0.25, 0.3) is 0 Å². The van der Waals surface area contributed by atoms with Crippen LogP contribution in [0, 0.1) is 5.82 Å². The lowest BCUT2D eigenvalue weighted by atomic mass is 10.2. The molecule has 1 heterocycles. The van der Waals surface area contributed by atoms with Crippen LogP contribution in [0.4, 0.5) is 4.39 Å². The molecule has 0 saturated carbocycles. The molecule has 20 heavy (non-hydrogen) atoms. The summed E-state index contributed by atoms with van der Waals surface area (Å²) in [6.45, 7) is 4.44. The third kappa shape index (κ3) is 4.26. The standard InChI is InChI=1S/C14H19BrFN3O/c1-17-14(20)10-19-6-4-18(5-7-19)9-11-2-3-12(15)8-13(11)16/h2-3,8H,4-7,9-10H2,1H3,(H,17,20). The number of hydrogen-bond donors (Lipinski definition) is 1. The van der Waals surface area contributed by atoms with Gasteiger partial charge in [-0.05, 0) is 12.1 Å². The fourth-order valence-corrected chi connectivity index (χ4v) is 2.61. The molecule has 0 aromatic heterocycles. The Morgan fingerprint density at radius 1 is 1.30 bits per heavy atom. The van der Waals surface area contributed by atoms with E-state index in [4.69, 9.17) is 0 Å². The van der Waals surface area contributed by atoms with Crippen molar-refractivity contribution in [1.82, 2.24) is 15.1 Å². The van der Waals surface area contributed by atoms with E-state index in [0.29, 0.717) is 18.7 Å². The SMILES string of the molecule is CNC(=O)CN1CCN(Cc2ccc(Br)cc2F)CC1. The average molecular weight is 344 g/mol. The van der Waals surface area contributed by atoms with Crippen molar-refractivity contribution in [2.24, 2.45) is 0 Å². The summed E-state index contributed by atoms with van der Waals surface area (Å²) in [6, 6.07) is 5.17. The van der Waals surface area contributed by atoms with E-state index in [2.05, 4.69) is 31.0 Å². The Kier molecular flexibility index (Phi) is 5.51. The molecule has 0 spiro atoms. The second-order valence-electron chi connectivity index (χ2n) is 4.96. The number of likely N-dealkylation sites (N-methyl/N-ethyl adjacent to an activating group) is 1. The molecule has 0 radical (unpaired) electrons. The van der Waals surface area contributed by atoms with Crippen molar-refractivity contribution in [3.8, 4) is 0 Å². The fourth-order valence-electron chi connectivity index (χ4n) is 2.28. The number of hydrogen-bond acceptors (Lipinski definition) is 3. The molecule has 1 aliphatic rings. The number of rotatable bonds is 4. The van der Waals surface area contributed by atoms with Crippen LogP contribution in [0.2, 0.25) is 0 Å². The van der Waals surface area contributed by atoms with E-state index in [1.54, 1.807) is 7.05 Å². The summed E-state index contributed by atoms with van der Waals surface area (Å²) in [5.74, 6) is -0.135. The highest BCUT2D eigenvalue weighted by Crippen LogP contribution is 2.17. The topological polar surface area (TPSA) is 35.6 Å². The van der Waals surface area contributed by atoms with E-state index in [9.17, 15) is 9.18 Å². The number of nitrogens with zero attached hydrogens (tertiary/aromatic N) is 2. The van der Waals surface area contributed by atoms with Crippen LogP contribution in [0.5, 0.6) is 0 Å². The average Bonchev–Trinajstić information content (AvgIpc) is 2.44. The normalized spacial score (nSPS) is 17.1. The Morgan fingerprint density at radius 2 is 1.95 bits per heavy atom. The molecule has 0 bridgehead atoms. The minimum Gasteiger partial charge on any atom is -0.358 e. The van der Waals surface area contributed by atoms with Crippen LogP contribution in [0.1, 0.15) is 5.56 Å². The van der Waals surface area contributed by atoms with Crippen molar-refractivity contribution in [3.63, 3.8) is 0 Å². The summed E-state index contributed by atoms with van der Waals surface area (Å²) >= 11 is 3.26. The third-order valence-corrected chi connectivity index (χ3v) is 4.01. The second-order valence-corrected chi connectivity index (χ2v) is 5.88. The minimum atomic E-state index is -0.174. The molecule has 4 nitrogen and oxygen atoms in total. The highest BCUT2D eigenvalue weighted by molar-refractivity contribution is 9.10. The molecule has 2 rings (SSSR count). The maximum Gasteiger partial charge on any atom is 0.233 e. The van der Waals surface area contributed by atoms with Gasteiger partial charge in [0, 0.05) is 49.8 Å². The highest BCUT2D eigenvalue weighted by Gasteiger charge is 2.19. The van der Waals surface area contributed by atoms with Gasteiger partial charge in [-0.25, -0.2) is 4.39 Å². The van der Waals surface area contributed by atoms with Crippen LogP contribution < -0.4 is 5.32 Å². The van der Waals surface area contributed by atoms with E-state index in [1.165, 1.54) is 6.07 Å². The lowest BCUT2D eigenvalue weighted by Gasteiger charge is -2.34. The number of benzene rings is 1. The highest BCUT2D eigenvalue weighted by atomic mass is 79.9. The van der Waals surface area contributed by atoms with Crippen LogP contribution in [0.25, 0.3) is 0 Å². The molecule has 1 saturated heterocycles. The molecule has 0 aliphatic carbocycles. The lowest BCUT2D eigenvalue weighted by Crippen LogP contribution is -2.48. The van der Waals surface area contributed by atoms with Crippen LogP contribution >= 0.6 is 15.9 Å². The number of carbonyl (C=O) groups is 1. The van der Waals surface area contributed by atoms with Crippen LogP contribution in [-0.2, 0) is 11.3 Å². The van der Waals surface area contributed by atoms with E-state index in [0.717, 1.165) is 30.7 Å². The van der Waals surface area contributed by atoms with Crippen molar-refractivity contribution in [3.05, 3.63) is 34.1 Å². The Labute approximate surface area is 127 Å². The molecular weight excluding hydrogens is 325 g/mol. The number of halogens is 2. The molecule has 1 aromatic carbocycles. The van der Waals surface area contributed by atoms with Gasteiger partial charge < -0.3 is 5.32 Å². The van der Waals surface area contributed by atoms with Gasteiger partial charge in [-0.3, -0.25) is 14.6 Å². The van der Waals surface area contributed by atoms with Crippen molar-refractivity contribution in [2.75, 3.05) is 39.8 Å². The minimum absolute atomic E-state index is 0.0393. The summed E-state index contributed by atoms with van der Waals surface area (Å²) in [4.78, 5) is 15.6. The van der Waals surface area contributed by atoms with Crippen molar-refractivity contribution in [2.45, 2.75) is 6.54 Å². The van der Waals surface area contributed by atoms with Crippen molar-refractivity contribution >= 4 is 21.8 Å². The van der Waals surface area contributed by atoms with Crippen LogP contribution in [0.15, 0.2) is 22.7 Å². The fraction of sp³-hybridized carbons (Fsp3) is 0.500. The van der Waals surface area contributed by atoms with Gasteiger partial charge in [-0.15, -0.1) is 0 Å². The van der Waals surface area contributed by atoms with Gasteiger partial charge >= 0.3 is 0 Å². The van der Waals surface area contributed by atoms with Gasteiger partial charge in [0.1, 0.15) is 5.82 Å². The second kappa shape index (κ2) is 7.15. The molecule has 1 amide bonds. The Hall–Kier alpha value is -0.980. The molecule has 1 aliphatic heterocycles. The first kappa shape index (κ1) is 15.4. The smallest absolute Gasteiger partial charge is 0.233 e. The predicted molar refractivity (Wildman–Crippen MR) is 79.9 cm³/mol. The maximum atomic E-state index is 13.8. The molecule has 0 unspecified atom stereocenters. The zero-order chi connectivity index (χ0) is 14.5. The zero-order valence-electron chi connectivity index (χ0n) is 11.5. The lowest BCUT2D eigenvalue weighted by molar-refractivity contribution is -0.122. The molecule has 1 N–H and O–H groups in total. The molecular formula is C14H19BrFN3O. The van der Waals surface area contributed by atoms with Crippen molar-refractivity contribution in [1.29, 1.82) is 0 Å². The first-order valence-corrected chi connectivity index (χ1v) is 7.47. The van der Waals surface area contributed by atoms with Crippen molar-refractivity contribution < 1.29 is 9.18 Å². The van der Waals surface area contributed by atoms with Crippen LogP contribution in [0.3, 0.4) is 0 Å². The summed E-state index contributed by atoms with van der Waals surface area (Å²) in [6.07, 6.45) is 0. The number of piperazine rings is 1. The van der Waals surface area contributed by atoms with E-state index in [-0.39, 0.29) is 11.7 Å². The number of amides is 1. The first-order valence-electron chi connectivity index (χ1n) is 6.67. The van der Waals surface area contributed by atoms with Gasteiger partial charge in [-0.1, -0.05) is 22.0 Å². The Balaban J connectivity index is 1.83. The maximum absolute atomic E-state index is 13.8. The van der Waals surface area contributed by atoms with E-state index >= 15 is 0 Å². The summed E-state index contributed by atoms with van der Waals surface area (Å²) in [5, 5.41) is 2.63. The summed E-state index contributed by atoms with van der Waals surface area (Å²) in [7, 11) is 1.65. The van der Waals surface area contributed by atoms with Gasteiger partial charge in [0.2, 0.25) is 5.91 Å². The summed E-state index contributed by atoms with van der Waals surface area (Å²) < 4.78 is 14.5. The first-order chi connectivity index (χ1) is 9.58. The zero-order valence-corrected chi connectivity index (χ0v) is 13.1. The largest absolute Gasteiger partial charge is 0.358 e. The molecule has 110 valence electrons. The molecule has 6 heteroatoms. The van der Waals surface area contributed by atoms with E-state index < -0.39 is 0 Å².